The minimum atomic E-state index is -4.44. The monoisotopic (exact) mass is 378 g/mol. The lowest BCUT2D eigenvalue weighted by Gasteiger charge is -2.11. The van der Waals surface area contributed by atoms with Crippen molar-refractivity contribution in [2.24, 2.45) is 7.05 Å². The summed E-state index contributed by atoms with van der Waals surface area (Å²) in [4.78, 5) is 19.7. The Bertz CT molecular complexity index is 968. The number of methoxy groups -OCH3 is 1. The van der Waals surface area contributed by atoms with E-state index < -0.39 is 17.7 Å². The van der Waals surface area contributed by atoms with Crippen LogP contribution in [-0.2, 0) is 18.0 Å². The van der Waals surface area contributed by atoms with Crippen LogP contribution in [0.25, 0.3) is 11.4 Å². The highest BCUT2D eigenvalue weighted by Crippen LogP contribution is 2.33. The Morgan fingerprint density at radius 2 is 1.85 bits per heavy atom. The van der Waals surface area contributed by atoms with E-state index in [-0.39, 0.29) is 23.0 Å². The van der Waals surface area contributed by atoms with Crippen molar-refractivity contribution >= 4 is 5.97 Å². The van der Waals surface area contributed by atoms with Crippen LogP contribution in [0.4, 0.5) is 13.2 Å². The zero-order chi connectivity index (χ0) is 19.6. The zero-order valence-corrected chi connectivity index (χ0v) is 14.2. The molecular formula is C17H13F3N4O3. The molecule has 0 bridgehead atoms. The van der Waals surface area contributed by atoms with Crippen molar-refractivity contribution in [3.05, 3.63) is 54.1 Å². The van der Waals surface area contributed by atoms with Gasteiger partial charge in [-0.2, -0.15) is 18.3 Å². The fraction of sp³-hybridized carbons (Fsp3) is 0.176. The number of carbonyl (C=O) groups is 1. The Labute approximate surface area is 151 Å². The molecule has 0 atom stereocenters. The largest absolute Gasteiger partial charge is 0.463 e. The number of esters is 1. The van der Waals surface area contributed by atoms with Gasteiger partial charge in [0.15, 0.2) is 5.75 Å². The van der Waals surface area contributed by atoms with E-state index in [0.29, 0.717) is 5.69 Å². The van der Waals surface area contributed by atoms with Crippen molar-refractivity contribution in [1.29, 1.82) is 0 Å². The molecule has 0 amide bonds. The van der Waals surface area contributed by atoms with Gasteiger partial charge in [0.2, 0.25) is 5.82 Å². The molecule has 0 radical (unpaired) electrons. The topological polar surface area (TPSA) is 79.1 Å². The maximum atomic E-state index is 12.7. The average Bonchev–Trinajstić information content (AvgIpc) is 3.07. The van der Waals surface area contributed by atoms with Crippen molar-refractivity contribution in [2.45, 2.75) is 6.18 Å². The number of alkyl halides is 3. The first-order valence-corrected chi connectivity index (χ1v) is 7.58. The number of hydrogen-bond acceptors (Lipinski definition) is 6. The second-order valence-corrected chi connectivity index (χ2v) is 5.40. The first-order chi connectivity index (χ1) is 12.8. The molecule has 0 fully saturated rings. The molecule has 10 heteroatoms. The van der Waals surface area contributed by atoms with E-state index >= 15 is 0 Å². The highest BCUT2D eigenvalue weighted by atomic mass is 19.4. The fourth-order valence-corrected chi connectivity index (χ4v) is 2.20. The lowest BCUT2D eigenvalue weighted by molar-refractivity contribution is -0.137. The third-order valence-corrected chi connectivity index (χ3v) is 3.49. The molecule has 0 saturated carbocycles. The number of halogens is 3. The Morgan fingerprint density at radius 1 is 1.15 bits per heavy atom. The fourth-order valence-electron chi connectivity index (χ4n) is 2.20. The van der Waals surface area contributed by atoms with Gasteiger partial charge in [-0.25, -0.2) is 14.8 Å². The van der Waals surface area contributed by atoms with E-state index in [4.69, 9.17) is 4.74 Å². The predicted octanol–water partition coefficient (Wildman–Crippen LogP) is 3.47. The van der Waals surface area contributed by atoms with Crippen LogP contribution in [0.2, 0.25) is 0 Å². The molecule has 2 heterocycles. The van der Waals surface area contributed by atoms with E-state index in [2.05, 4.69) is 19.8 Å². The van der Waals surface area contributed by atoms with Gasteiger partial charge in [-0.05, 0) is 30.3 Å². The van der Waals surface area contributed by atoms with Crippen molar-refractivity contribution in [3.8, 4) is 22.9 Å². The molecule has 7 nitrogen and oxygen atoms in total. The van der Waals surface area contributed by atoms with Crippen LogP contribution in [0.5, 0.6) is 11.5 Å². The van der Waals surface area contributed by atoms with Crippen LogP contribution in [0, 0.1) is 0 Å². The summed E-state index contributed by atoms with van der Waals surface area (Å²) in [6.45, 7) is 0. The van der Waals surface area contributed by atoms with Crippen LogP contribution in [0.15, 0.2) is 42.7 Å². The van der Waals surface area contributed by atoms with Gasteiger partial charge in [0, 0.05) is 13.2 Å². The molecule has 0 saturated heterocycles. The third kappa shape index (κ3) is 4.05. The number of aromatic nitrogens is 4. The van der Waals surface area contributed by atoms with Crippen molar-refractivity contribution < 1.29 is 27.4 Å². The van der Waals surface area contributed by atoms with E-state index in [1.165, 1.54) is 30.1 Å². The number of aryl methyl sites for hydroxylation is 1. The molecule has 0 N–H and O–H groups in total. The molecular weight excluding hydrogens is 365 g/mol. The van der Waals surface area contributed by atoms with Gasteiger partial charge in [0.05, 0.1) is 18.9 Å². The highest BCUT2D eigenvalue weighted by molar-refractivity contribution is 5.86. The van der Waals surface area contributed by atoms with Crippen LogP contribution < -0.4 is 4.74 Å². The molecule has 3 rings (SSSR count). The summed E-state index contributed by atoms with van der Waals surface area (Å²) < 4.78 is 49.8. The number of nitrogens with zero attached hydrogens (tertiary/aromatic N) is 4. The number of hydrogen-bond donors (Lipinski definition) is 0. The Hall–Kier alpha value is -3.43. The normalized spacial score (nSPS) is 11.3. The van der Waals surface area contributed by atoms with E-state index in [1.807, 2.05) is 0 Å². The predicted molar refractivity (Wildman–Crippen MR) is 87.1 cm³/mol. The molecule has 0 unspecified atom stereocenters. The Balaban J connectivity index is 1.98. The first kappa shape index (κ1) is 18.4. The second kappa shape index (κ2) is 7.06. The highest BCUT2D eigenvalue weighted by Gasteiger charge is 2.30. The summed E-state index contributed by atoms with van der Waals surface area (Å²) in [5.74, 6) is -0.665. The van der Waals surface area contributed by atoms with E-state index in [9.17, 15) is 18.0 Å². The quantitative estimate of drug-likeness (QED) is 0.647. The summed E-state index contributed by atoms with van der Waals surface area (Å²) in [6.07, 6.45) is -1.54. The lowest BCUT2D eigenvalue weighted by atomic mass is 10.2. The maximum Gasteiger partial charge on any atom is 0.416 e. The number of ether oxygens (including phenoxy) is 2. The van der Waals surface area contributed by atoms with Crippen molar-refractivity contribution in [1.82, 2.24) is 19.7 Å². The van der Waals surface area contributed by atoms with Gasteiger partial charge in [-0.3, -0.25) is 4.68 Å². The zero-order valence-electron chi connectivity index (χ0n) is 14.2. The van der Waals surface area contributed by atoms with E-state index in [0.717, 1.165) is 12.1 Å². The summed E-state index contributed by atoms with van der Waals surface area (Å²) in [7, 11) is 2.89. The Morgan fingerprint density at radius 3 is 2.41 bits per heavy atom. The van der Waals surface area contributed by atoms with E-state index in [1.54, 1.807) is 19.3 Å². The van der Waals surface area contributed by atoms with Crippen LogP contribution in [-0.4, -0.2) is 32.8 Å². The molecule has 0 spiro atoms. The van der Waals surface area contributed by atoms with Gasteiger partial charge >= 0.3 is 12.1 Å². The van der Waals surface area contributed by atoms with Crippen LogP contribution in [0.1, 0.15) is 16.2 Å². The van der Waals surface area contributed by atoms with Gasteiger partial charge < -0.3 is 9.47 Å². The average molecular weight is 378 g/mol. The SMILES string of the molecule is COC(=O)c1ncc(Oc2ccc(C(F)(F)F)cc2)c(-c2ccn(C)n2)n1. The summed E-state index contributed by atoms with van der Waals surface area (Å²) in [5.41, 5.74) is -0.199. The molecule has 2 aromatic heterocycles. The van der Waals surface area contributed by atoms with Crippen molar-refractivity contribution in [3.63, 3.8) is 0 Å². The van der Waals surface area contributed by atoms with Gasteiger partial charge in [-0.15, -0.1) is 0 Å². The van der Waals surface area contributed by atoms with Gasteiger partial charge in [0.25, 0.3) is 0 Å². The number of benzene rings is 1. The lowest BCUT2D eigenvalue weighted by Crippen LogP contribution is -2.09. The summed E-state index contributed by atoms with van der Waals surface area (Å²) >= 11 is 0. The molecule has 0 aliphatic carbocycles. The molecule has 0 aliphatic rings. The number of carbonyl (C=O) groups excluding carboxylic acids is 1. The van der Waals surface area contributed by atoms with Gasteiger partial charge in [-0.1, -0.05) is 0 Å². The molecule has 1 aromatic carbocycles. The van der Waals surface area contributed by atoms with Gasteiger partial charge in [0.1, 0.15) is 17.1 Å². The Kier molecular flexibility index (Phi) is 4.80. The first-order valence-electron chi connectivity index (χ1n) is 7.58. The molecule has 27 heavy (non-hydrogen) atoms. The molecule has 140 valence electrons. The standard InChI is InChI=1S/C17H13F3N4O3/c1-24-8-7-12(23-24)14-13(9-21-15(22-14)16(25)26-2)27-11-5-3-10(4-6-11)17(18,19)20/h3-9H,1-2H3. The third-order valence-electron chi connectivity index (χ3n) is 3.49. The van der Waals surface area contributed by atoms with Crippen LogP contribution in [0.3, 0.4) is 0 Å². The van der Waals surface area contributed by atoms with Crippen LogP contribution >= 0.6 is 0 Å². The molecule has 0 aliphatic heterocycles. The second-order valence-electron chi connectivity index (χ2n) is 5.40. The summed E-state index contributed by atoms with van der Waals surface area (Å²) in [5, 5.41) is 4.20. The maximum absolute atomic E-state index is 12.7. The minimum Gasteiger partial charge on any atom is -0.463 e. The molecule has 3 aromatic rings. The summed E-state index contributed by atoms with van der Waals surface area (Å²) in [6, 6.07) is 5.81. The number of rotatable bonds is 4. The van der Waals surface area contributed by atoms with Crippen molar-refractivity contribution in [2.75, 3.05) is 7.11 Å². The smallest absolute Gasteiger partial charge is 0.416 e. The minimum absolute atomic E-state index is 0.126.